The fraction of sp³-hybridized carbons (Fsp3) is 0.312. The van der Waals surface area contributed by atoms with Crippen molar-refractivity contribution in [2.24, 2.45) is 5.92 Å². The number of carbonyl (C=O) groups excluding carboxylic acids is 3. The van der Waals surface area contributed by atoms with Gasteiger partial charge in [-0.1, -0.05) is 36.4 Å². The maximum absolute atomic E-state index is 12.1. The van der Waals surface area contributed by atoms with Crippen LogP contribution in [0.15, 0.2) is 42.5 Å². The number of Topliss-reactive ketones (excluding diaryl/α,β-unsaturated/α-hetero) is 1. The number of aldehydes is 1. The number of ketones is 1. The van der Waals surface area contributed by atoms with Gasteiger partial charge in [0.25, 0.3) is 0 Å². The summed E-state index contributed by atoms with van der Waals surface area (Å²) in [6, 6.07) is 9.13. The Labute approximate surface area is 121 Å². The van der Waals surface area contributed by atoms with Gasteiger partial charge in [-0.15, -0.1) is 0 Å². The Kier molecular flexibility index (Phi) is 3.43. The summed E-state index contributed by atoms with van der Waals surface area (Å²) in [5.41, 5.74) is -0.225. The third-order valence-electron chi connectivity index (χ3n) is 3.81. The largest absolute Gasteiger partial charge is 0.455 e. The average Bonchev–Trinajstić information content (AvgIpc) is 3.12. The maximum atomic E-state index is 12.1. The standard InChI is InChI=1S/C16H14O5/c17-10-16-7-6-13(21-16)12(8-16)14(18)15(19)20-9-11-4-2-1-3-5-11/h1-7,10,12-13H,8-9H2. The molecule has 0 radical (unpaired) electrons. The molecular formula is C16H14O5. The fourth-order valence-corrected chi connectivity index (χ4v) is 2.68. The first-order valence-corrected chi connectivity index (χ1v) is 6.72. The summed E-state index contributed by atoms with van der Waals surface area (Å²) in [6.07, 6.45) is 3.67. The van der Waals surface area contributed by atoms with E-state index in [9.17, 15) is 14.4 Å². The van der Waals surface area contributed by atoms with E-state index in [0.29, 0.717) is 6.29 Å². The van der Waals surface area contributed by atoms with E-state index in [-0.39, 0.29) is 13.0 Å². The van der Waals surface area contributed by atoms with Crippen LogP contribution in [-0.4, -0.2) is 29.7 Å². The first-order chi connectivity index (χ1) is 10.1. The summed E-state index contributed by atoms with van der Waals surface area (Å²) in [6.45, 7) is 0.0539. The van der Waals surface area contributed by atoms with Crippen LogP contribution in [0.1, 0.15) is 12.0 Å². The fourth-order valence-electron chi connectivity index (χ4n) is 2.68. The van der Waals surface area contributed by atoms with Gasteiger partial charge in [0.1, 0.15) is 12.2 Å². The van der Waals surface area contributed by atoms with Crippen LogP contribution in [0.3, 0.4) is 0 Å². The second-order valence-corrected chi connectivity index (χ2v) is 5.25. The molecule has 2 aliphatic heterocycles. The van der Waals surface area contributed by atoms with Crippen LogP contribution in [0.4, 0.5) is 0 Å². The minimum Gasteiger partial charge on any atom is -0.455 e. The van der Waals surface area contributed by atoms with Crippen LogP contribution in [0.2, 0.25) is 0 Å². The third kappa shape index (κ3) is 2.52. The summed E-state index contributed by atoms with van der Waals surface area (Å²) >= 11 is 0. The first-order valence-electron chi connectivity index (χ1n) is 6.72. The number of fused-ring (bicyclic) bond motifs is 2. The molecule has 2 heterocycles. The molecule has 0 aliphatic carbocycles. The normalized spacial score (nSPS) is 29.3. The summed E-state index contributed by atoms with van der Waals surface area (Å²) < 4.78 is 10.5. The highest BCUT2D eigenvalue weighted by Gasteiger charge is 2.52. The van der Waals surface area contributed by atoms with E-state index in [0.717, 1.165) is 5.56 Å². The lowest BCUT2D eigenvalue weighted by Crippen LogP contribution is -2.32. The van der Waals surface area contributed by atoms with E-state index in [2.05, 4.69) is 0 Å². The molecule has 0 aromatic heterocycles. The van der Waals surface area contributed by atoms with Gasteiger partial charge in [-0.25, -0.2) is 4.79 Å². The number of benzene rings is 1. The Balaban J connectivity index is 1.60. The summed E-state index contributed by atoms with van der Waals surface area (Å²) in [4.78, 5) is 35.0. The van der Waals surface area contributed by atoms with Crippen LogP contribution in [0, 0.1) is 5.92 Å². The average molecular weight is 286 g/mol. The predicted molar refractivity (Wildman–Crippen MR) is 72.2 cm³/mol. The van der Waals surface area contributed by atoms with Gasteiger partial charge in [0, 0.05) is 6.42 Å². The van der Waals surface area contributed by atoms with Gasteiger partial charge in [0.15, 0.2) is 6.29 Å². The summed E-state index contributed by atoms with van der Waals surface area (Å²) in [7, 11) is 0. The number of carbonyl (C=O) groups is 3. The Hall–Kier alpha value is -2.27. The zero-order chi connectivity index (χ0) is 14.9. The SMILES string of the molecule is O=CC12C=CC(O1)C(C(=O)C(=O)OCc1ccccc1)C2. The number of ether oxygens (including phenoxy) is 2. The monoisotopic (exact) mass is 286 g/mol. The molecule has 0 spiro atoms. The molecule has 2 bridgehead atoms. The molecule has 21 heavy (non-hydrogen) atoms. The van der Waals surface area contributed by atoms with Gasteiger partial charge in [-0.2, -0.15) is 0 Å². The first kappa shape index (κ1) is 13.7. The van der Waals surface area contributed by atoms with Gasteiger partial charge >= 0.3 is 5.97 Å². The quantitative estimate of drug-likeness (QED) is 0.352. The molecule has 1 aromatic carbocycles. The number of rotatable bonds is 5. The van der Waals surface area contributed by atoms with Crippen molar-refractivity contribution in [3.8, 4) is 0 Å². The van der Waals surface area contributed by atoms with Crippen molar-refractivity contribution >= 4 is 18.0 Å². The Morgan fingerprint density at radius 3 is 2.76 bits per heavy atom. The maximum Gasteiger partial charge on any atom is 0.375 e. The molecule has 3 atom stereocenters. The van der Waals surface area contributed by atoms with Crippen molar-refractivity contribution in [3.05, 3.63) is 48.0 Å². The number of hydrogen-bond donors (Lipinski definition) is 0. The minimum atomic E-state index is -1.04. The van der Waals surface area contributed by atoms with Crippen molar-refractivity contribution in [1.29, 1.82) is 0 Å². The minimum absolute atomic E-state index is 0.0539. The van der Waals surface area contributed by atoms with Gasteiger partial charge in [-0.05, 0) is 11.6 Å². The Bertz CT molecular complexity index is 606. The third-order valence-corrected chi connectivity index (χ3v) is 3.81. The molecule has 2 aliphatic rings. The van der Waals surface area contributed by atoms with E-state index >= 15 is 0 Å². The predicted octanol–water partition coefficient (Wildman–Crippen LogP) is 1.21. The molecule has 0 N–H and O–H groups in total. The lowest BCUT2D eigenvalue weighted by atomic mass is 9.84. The van der Waals surface area contributed by atoms with Crippen LogP contribution in [0.25, 0.3) is 0 Å². The molecule has 5 heteroatoms. The smallest absolute Gasteiger partial charge is 0.375 e. The Morgan fingerprint density at radius 2 is 2.10 bits per heavy atom. The molecule has 0 amide bonds. The van der Waals surface area contributed by atoms with Gasteiger partial charge in [0.05, 0.1) is 12.0 Å². The van der Waals surface area contributed by atoms with Crippen LogP contribution < -0.4 is 0 Å². The van der Waals surface area contributed by atoms with Crippen molar-refractivity contribution in [3.63, 3.8) is 0 Å². The second-order valence-electron chi connectivity index (χ2n) is 5.25. The topological polar surface area (TPSA) is 69.7 Å². The molecule has 108 valence electrons. The van der Waals surface area contributed by atoms with Crippen LogP contribution >= 0.6 is 0 Å². The zero-order valence-electron chi connectivity index (χ0n) is 11.2. The van der Waals surface area contributed by atoms with E-state index in [1.165, 1.54) is 0 Å². The zero-order valence-corrected chi connectivity index (χ0v) is 11.2. The summed E-state index contributed by atoms with van der Waals surface area (Å²) in [5.74, 6) is -2.15. The molecule has 1 saturated heterocycles. The van der Waals surface area contributed by atoms with Crippen molar-refractivity contribution in [2.75, 3.05) is 0 Å². The van der Waals surface area contributed by atoms with E-state index < -0.39 is 29.4 Å². The molecule has 1 fully saturated rings. The van der Waals surface area contributed by atoms with E-state index in [1.54, 1.807) is 12.2 Å². The lowest BCUT2D eigenvalue weighted by Gasteiger charge is -2.15. The second kappa shape index (κ2) is 5.26. The number of esters is 1. The Morgan fingerprint density at radius 1 is 1.33 bits per heavy atom. The van der Waals surface area contributed by atoms with Gasteiger partial charge < -0.3 is 9.47 Å². The van der Waals surface area contributed by atoms with E-state index in [1.807, 2.05) is 30.3 Å². The highest BCUT2D eigenvalue weighted by atomic mass is 16.5. The highest BCUT2D eigenvalue weighted by molar-refractivity contribution is 6.34. The number of hydrogen-bond acceptors (Lipinski definition) is 5. The van der Waals surface area contributed by atoms with Crippen LogP contribution in [-0.2, 0) is 30.5 Å². The van der Waals surface area contributed by atoms with Gasteiger partial charge in [0.2, 0.25) is 5.78 Å². The van der Waals surface area contributed by atoms with Crippen LogP contribution in [0.5, 0.6) is 0 Å². The lowest BCUT2D eigenvalue weighted by molar-refractivity contribution is -0.157. The van der Waals surface area contributed by atoms with Crippen molar-refractivity contribution < 1.29 is 23.9 Å². The van der Waals surface area contributed by atoms with E-state index in [4.69, 9.17) is 9.47 Å². The van der Waals surface area contributed by atoms with Crippen molar-refractivity contribution in [2.45, 2.75) is 24.7 Å². The van der Waals surface area contributed by atoms with Gasteiger partial charge in [-0.3, -0.25) is 9.59 Å². The molecular weight excluding hydrogens is 272 g/mol. The molecule has 3 rings (SSSR count). The highest BCUT2D eigenvalue weighted by Crippen LogP contribution is 2.41. The molecule has 3 unspecified atom stereocenters. The molecule has 0 saturated carbocycles. The molecule has 5 nitrogen and oxygen atoms in total. The molecule has 1 aromatic rings. The van der Waals surface area contributed by atoms with Crippen molar-refractivity contribution in [1.82, 2.24) is 0 Å². The summed E-state index contributed by atoms with van der Waals surface area (Å²) in [5, 5.41) is 0.